The predicted molar refractivity (Wildman–Crippen MR) is 112 cm³/mol. The van der Waals surface area contributed by atoms with Crippen molar-refractivity contribution in [2.24, 2.45) is 0 Å². The molecule has 1 heterocycles. The van der Waals surface area contributed by atoms with Crippen LogP contribution >= 0.6 is 0 Å². The summed E-state index contributed by atoms with van der Waals surface area (Å²) in [6.45, 7) is 5.85. The van der Waals surface area contributed by atoms with Gasteiger partial charge in [-0.25, -0.2) is 14.8 Å². The Balaban J connectivity index is 1.85. The molecule has 1 aromatic heterocycles. The van der Waals surface area contributed by atoms with Gasteiger partial charge >= 0.3 is 5.97 Å². The molecule has 148 valence electrons. The minimum absolute atomic E-state index is 0.184. The molecule has 3 aromatic rings. The lowest BCUT2D eigenvalue weighted by atomic mass is 10.1. The summed E-state index contributed by atoms with van der Waals surface area (Å²) in [5.74, 6) is -0.661. The Morgan fingerprint density at radius 2 is 1.69 bits per heavy atom. The number of carbonyl (C=O) groups is 2. The number of nitrogens with zero attached hydrogens (tertiary/aromatic N) is 2. The second-order valence-corrected chi connectivity index (χ2v) is 6.63. The first-order chi connectivity index (χ1) is 13.9. The van der Waals surface area contributed by atoms with Gasteiger partial charge in [-0.15, -0.1) is 0 Å². The van der Waals surface area contributed by atoms with E-state index in [1.807, 2.05) is 32.0 Å². The van der Waals surface area contributed by atoms with Crippen molar-refractivity contribution in [3.63, 3.8) is 0 Å². The minimum atomic E-state index is -0.531. The van der Waals surface area contributed by atoms with Crippen molar-refractivity contribution < 1.29 is 14.3 Å². The van der Waals surface area contributed by atoms with E-state index in [-0.39, 0.29) is 11.3 Å². The number of para-hydroxylation sites is 1. The van der Waals surface area contributed by atoms with Crippen LogP contribution in [0.2, 0.25) is 0 Å². The molecule has 2 aromatic carbocycles. The van der Waals surface area contributed by atoms with E-state index in [0.717, 1.165) is 11.3 Å². The van der Waals surface area contributed by atoms with Crippen LogP contribution in [0.15, 0.2) is 48.5 Å². The molecule has 0 fully saturated rings. The number of methoxy groups -OCH3 is 1. The Morgan fingerprint density at radius 3 is 2.41 bits per heavy atom. The maximum atomic E-state index is 12.8. The maximum absolute atomic E-state index is 12.8. The number of hydrogen-bond acceptors (Lipinski definition) is 6. The molecule has 7 nitrogen and oxygen atoms in total. The van der Waals surface area contributed by atoms with Gasteiger partial charge in [0, 0.05) is 11.4 Å². The van der Waals surface area contributed by atoms with E-state index in [4.69, 9.17) is 4.74 Å². The van der Waals surface area contributed by atoms with E-state index < -0.39 is 11.9 Å². The van der Waals surface area contributed by atoms with Crippen LogP contribution in [0.5, 0.6) is 0 Å². The van der Waals surface area contributed by atoms with E-state index >= 15 is 0 Å². The molecule has 3 rings (SSSR count). The van der Waals surface area contributed by atoms with E-state index in [0.29, 0.717) is 17.3 Å². The summed E-state index contributed by atoms with van der Waals surface area (Å²) in [6.07, 6.45) is 0. The predicted octanol–water partition coefficient (Wildman–Crippen LogP) is 4.18. The van der Waals surface area contributed by atoms with Gasteiger partial charge in [-0.3, -0.25) is 4.79 Å². The number of hydrogen-bond donors (Lipinski definition) is 2. The highest BCUT2D eigenvalue weighted by Crippen LogP contribution is 2.20. The van der Waals surface area contributed by atoms with E-state index in [1.54, 1.807) is 37.3 Å². The molecule has 29 heavy (non-hydrogen) atoms. The minimum Gasteiger partial charge on any atom is -0.465 e. The fraction of sp³-hybridized carbons (Fsp3) is 0.182. The molecular weight excluding hydrogens is 368 g/mol. The van der Waals surface area contributed by atoms with E-state index in [1.165, 1.54) is 12.7 Å². The molecule has 0 saturated heterocycles. The molecule has 0 aliphatic carbocycles. The molecule has 0 bridgehead atoms. The van der Waals surface area contributed by atoms with Crippen LogP contribution in [0, 0.1) is 20.8 Å². The van der Waals surface area contributed by atoms with Gasteiger partial charge in [0.15, 0.2) is 0 Å². The molecule has 0 saturated carbocycles. The van der Waals surface area contributed by atoms with Crippen LogP contribution in [0.25, 0.3) is 0 Å². The highest BCUT2D eigenvalue weighted by molar-refractivity contribution is 6.07. The van der Waals surface area contributed by atoms with Crippen LogP contribution in [0.1, 0.15) is 37.7 Å². The summed E-state index contributed by atoms with van der Waals surface area (Å²) in [5.41, 5.74) is 4.60. The molecule has 1 amide bonds. The van der Waals surface area contributed by atoms with Crippen LogP contribution in [0.3, 0.4) is 0 Å². The smallest absolute Gasteiger partial charge is 0.339 e. The summed E-state index contributed by atoms with van der Waals surface area (Å²) in [6, 6.07) is 14.1. The van der Waals surface area contributed by atoms with Crippen LogP contribution in [-0.2, 0) is 4.74 Å². The van der Waals surface area contributed by atoms with Crippen molar-refractivity contribution in [3.05, 3.63) is 76.6 Å². The number of benzene rings is 2. The molecule has 0 atom stereocenters. The summed E-state index contributed by atoms with van der Waals surface area (Å²) < 4.78 is 4.76. The Bertz CT molecular complexity index is 1080. The van der Waals surface area contributed by atoms with Gasteiger partial charge in [0.2, 0.25) is 5.95 Å². The third kappa shape index (κ3) is 4.76. The summed E-state index contributed by atoms with van der Waals surface area (Å²) >= 11 is 0. The molecule has 0 aliphatic heterocycles. The maximum Gasteiger partial charge on any atom is 0.339 e. The van der Waals surface area contributed by atoms with Gasteiger partial charge in [0.1, 0.15) is 5.69 Å². The Hall–Kier alpha value is -3.74. The second kappa shape index (κ2) is 8.52. The topological polar surface area (TPSA) is 93.2 Å². The number of anilines is 3. The first-order valence-corrected chi connectivity index (χ1v) is 9.06. The van der Waals surface area contributed by atoms with Gasteiger partial charge in [0.05, 0.1) is 18.4 Å². The molecular formula is C22H22N4O3. The van der Waals surface area contributed by atoms with Gasteiger partial charge in [-0.05, 0) is 62.2 Å². The standard InChI is InChI=1S/C22H22N4O3/c1-13-9-10-16(11-14(13)2)24-22-23-15(3)12-19(26-22)20(27)25-18-8-6-5-7-17(18)21(28)29-4/h5-12H,1-4H3,(H,25,27)(H,23,24,26). The zero-order valence-corrected chi connectivity index (χ0v) is 16.7. The van der Waals surface area contributed by atoms with Gasteiger partial charge in [-0.2, -0.15) is 0 Å². The number of carbonyl (C=O) groups excluding carboxylic acids is 2. The first kappa shape index (κ1) is 20.0. The highest BCUT2D eigenvalue weighted by atomic mass is 16.5. The molecule has 0 unspecified atom stereocenters. The Morgan fingerprint density at radius 1 is 0.931 bits per heavy atom. The van der Waals surface area contributed by atoms with Crippen molar-refractivity contribution in [3.8, 4) is 0 Å². The van der Waals surface area contributed by atoms with Crippen LogP contribution in [0.4, 0.5) is 17.3 Å². The second-order valence-electron chi connectivity index (χ2n) is 6.63. The Labute approximate surface area is 169 Å². The van der Waals surface area contributed by atoms with Gasteiger partial charge in [-0.1, -0.05) is 18.2 Å². The number of nitrogens with one attached hydrogen (secondary N) is 2. The lowest BCUT2D eigenvalue weighted by molar-refractivity contribution is 0.0602. The summed E-state index contributed by atoms with van der Waals surface area (Å²) in [5, 5.41) is 5.85. The van der Waals surface area contributed by atoms with Crippen molar-refractivity contribution in [2.75, 3.05) is 17.7 Å². The Kier molecular flexibility index (Phi) is 5.87. The van der Waals surface area contributed by atoms with Crippen molar-refractivity contribution in [1.82, 2.24) is 9.97 Å². The lowest BCUT2D eigenvalue weighted by Crippen LogP contribution is -2.17. The summed E-state index contributed by atoms with van der Waals surface area (Å²) in [7, 11) is 1.29. The average Bonchev–Trinajstić information content (AvgIpc) is 2.70. The number of aromatic nitrogens is 2. The zero-order chi connectivity index (χ0) is 21.0. The molecule has 2 N–H and O–H groups in total. The summed E-state index contributed by atoms with van der Waals surface area (Å²) in [4.78, 5) is 33.3. The zero-order valence-electron chi connectivity index (χ0n) is 16.7. The van der Waals surface area contributed by atoms with E-state index in [2.05, 4.69) is 20.6 Å². The SMILES string of the molecule is COC(=O)c1ccccc1NC(=O)c1cc(C)nc(Nc2ccc(C)c(C)c2)n1. The van der Waals surface area contributed by atoms with Gasteiger partial charge in [0.25, 0.3) is 5.91 Å². The fourth-order valence-corrected chi connectivity index (χ4v) is 2.76. The number of rotatable bonds is 5. The van der Waals surface area contributed by atoms with E-state index in [9.17, 15) is 9.59 Å². The third-order valence-electron chi connectivity index (χ3n) is 4.43. The van der Waals surface area contributed by atoms with Crippen molar-refractivity contribution >= 4 is 29.2 Å². The number of esters is 1. The molecule has 7 heteroatoms. The quantitative estimate of drug-likeness (QED) is 0.635. The monoisotopic (exact) mass is 390 g/mol. The number of aryl methyl sites for hydroxylation is 3. The normalized spacial score (nSPS) is 10.3. The number of ether oxygens (including phenoxy) is 1. The van der Waals surface area contributed by atoms with Crippen molar-refractivity contribution in [1.29, 1.82) is 0 Å². The molecule has 0 spiro atoms. The lowest BCUT2D eigenvalue weighted by Gasteiger charge is -2.11. The molecule has 0 aliphatic rings. The average molecular weight is 390 g/mol. The van der Waals surface area contributed by atoms with Crippen LogP contribution < -0.4 is 10.6 Å². The number of amides is 1. The third-order valence-corrected chi connectivity index (χ3v) is 4.43. The first-order valence-electron chi connectivity index (χ1n) is 9.06. The van der Waals surface area contributed by atoms with Crippen LogP contribution in [-0.4, -0.2) is 29.0 Å². The largest absolute Gasteiger partial charge is 0.465 e. The fourth-order valence-electron chi connectivity index (χ4n) is 2.76. The molecule has 0 radical (unpaired) electrons. The van der Waals surface area contributed by atoms with Gasteiger partial charge < -0.3 is 15.4 Å². The highest BCUT2D eigenvalue weighted by Gasteiger charge is 2.16. The van der Waals surface area contributed by atoms with Crippen molar-refractivity contribution in [2.45, 2.75) is 20.8 Å².